The molecular weight excluding hydrogens is 364 g/mol. The number of nitrogens with zero attached hydrogens (tertiary/aromatic N) is 3. The Morgan fingerprint density at radius 1 is 1.07 bits per heavy atom. The fourth-order valence-electron chi connectivity index (χ4n) is 5.61. The van der Waals surface area contributed by atoms with E-state index in [1.165, 1.54) is 0 Å². The van der Waals surface area contributed by atoms with E-state index in [4.69, 9.17) is 0 Å². The van der Waals surface area contributed by atoms with Crippen LogP contribution in [0.1, 0.15) is 40.5 Å². The van der Waals surface area contributed by atoms with E-state index in [9.17, 15) is 9.59 Å². The Labute approximate surface area is 173 Å². The second-order valence-electron chi connectivity index (χ2n) is 9.36. The van der Waals surface area contributed by atoms with Crippen LogP contribution in [0.2, 0.25) is 0 Å². The molecule has 1 saturated heterocycles. The first-order valence-electron chi connectivity index (χ1n) is 10.7. The molecule has 1 aromatic rings. The highest BCUT2D eigenvalue weighted by Crippen LogP contribution is 2.69. The van der Waals surface area contributed by atoms with E-state index in [-0.39, 0.29) is 11.7 Å². The van der Waals surface area contributed by atoms with Gasteiger partial charge in [0, 0.05) is 31.6 Å². The molecule has 1 aliphatic heterocycles. The summed E-state index contributed by atoms with van der Waals surface area (Å²) < 4.78 is 0. The minimum Gasteiger partial charge on any atom is -0.339 e. The van der Waals surface area contributed by atoms with Crippen molar-refractivity contribution >= 4 is 23.1 Å². The van der Waals surface area contributed by atoms with Crippen molar-refractivity contribution in [2.75, 3.05) is 38.1 Å². The number of carbonyl (C=O) groups excluding carboxylic acids is 2. The lowest BCUT2D eigenvalue weighted by Crippen LogP contribution is -2.57. The topological polar surface area (TPSA) is 65.0 Å². The fraction of sp³-hybridized carbons (Fsp3) is 0.609. The Balaban J connectivity index is 1.65. The summed E-state index contributed by atoms with van der Waals surface area (Å²) in [6.45, 7) is 12.6. The van der Waals surface area contributed by atoms with Crippen molar-refractivity contribution in [1.82, 2.24) is 9.80 Å². The van der Waals surface area contributed by atoms with Gasteiger partial charge in [0.05, 0.1) is 5.69 Å². The van der Waals surface area contributed by atoms with Gasteiger partial charge >= 0.3 is 0 Å². The van der Waals surface area contributed by atoms with Crippen molar-refractivity contribution in [3.8, 4) is 0 Å². The van der Waals surface area contributed by atoms with Gasteiger partial charge in [-0.1, -0.05) is 45.9 Å². The molecule has 1 amide bonds. The number of hydrogen-bond acceptors (Lipinski definition) is 5. The maximum absolute atomic E-state index is 13.8. The number of anilines is 1. The third-order valence-electron chi connectivity index (χ3n) is 8.11. The molecule has 2 unspecified atom stereocenters. The number of hydrogen-bond donors (Lipinski definition) is 1. The van der Waals surface area contributed by atoms with Gasteiger partial charge in [-0.05, 0) is 36.9 Å². The Bertz CT molecular complexity index is 842. The molecule has 2 saturated carbocycles. The van der Waals surface area contributed by atoms with Crippen LogP contribution in [0.4, 0.5) is 5.69 Å². The maximum atomic E-state index is 13.8. The molecule has 0 spiro atoms. The summed E-state index contributed by atoms with van der Waals surface area (Å²) >= 11 is 0. The number of rotatable bonds is 4. The highest BCUT2D eigenvalue weighted by Gasteiger charge is 2.77. The van der Waals surface area contributed by atoms with E-state index >= 15 is 0 Å². The third-order valence-corrected chi connectivity index (χ3v) is 8.11. The van der Waals surface area contributed by atoms with E-state index in [0.29, 0.717) is 25.2 Å². The van der Waals surface area contributed by atoms with Gasteiger partial charge in [0.25, 0.3) is 0 Å². The van der Waals surface area contributed by atoms with Gasteiger partial charge in [-0.2, -0.15) is 5.10 Å². The lowest BCUT2D eigenvalue weighted by atomic mass is 9.64. The highest BCUT2D eigenvalue weighted by molar-refractivity contribution is 6.50. The number of piperazine rings is 1. The van der Waals surface area contributed by atoms with E-state index < -0.39 is 16.2 Å². The molecule has 1 N–H and O–H groups in total. The Hall–Kier alpha value is -2.21. The first-order chi connectivity index (χ1) is 13.8. The quantitative estimate of drug-likeness (QED) is 0.628. The smallest absolute Gasteiger partial charge is 0.237 e. The normalized spacial score (nSPS) is 32.8. The summed E-state index contributed by atoms with van der Waals surface area (Å²) in [5, 5.41) is 4.56. The van der Waals surface area contributed by atoms with Crippen molar-refractivity contribution < 1.29 is 9.59 Å². The molecule has 1 aromatic carbocycles. The second-order valence-corrected chi connectivity index (χ2v) is 9.36. The van der Waals surface area contributed by atoms with Gasteiger partial charge in [0.2, 0.25) is 5.91 Å². The minimum atomic E-state index is -0.993. The molecule has 6 heteroatoms. The summed E-state index contributed by atoms with van der Waals surface area (Å²) in [6.07, 6.45) is 1.42. The summed E-state index contributed by atoms with van der Waals surface area (Å²) in [5.74, 6) is -0.0699. The van der Waals surface area contributed by atoms with Crippen molar-refractivity contribution in [2.24, 2.45) is 21.3 Å². The average Bonchev–Trinajstić information content (AvgIpc) is 3.02. The second kappa shape index (κ2) is 6.94. The first-order valence-corrected chi connectivity index (χ1v) is 10.7. The van der Waals surface area contributed by atoms with Crippen LogP contribution in [0.25, 0.3) is 0 Å². The van der Waals surface area contributed by atoms with E-state index in [1.54, 1.807) is 0 Å². The summed E-state index contributed by atoms with van der Waals surface area (Å²) in [4.78, 5) is 31.7. The Morgan fingerprint density at radius 2 is 1.72 bits per heavy atom. The SMILES string of the molecule is CCN1CCN(C(=O)C23CCC(C)(C(=NNc4ccccc4)C2=O)C3(C)C)CC1. The molecule has 29 heavy (non-hydrogen) atoms. The molecule has 6 nitrogen and oxygen atoms in total. The molecule has 2 bridgehead atoms. The molecule has 2 aliphatic carbocycles. The van der Waals surface area contributed by atoms with Crippen molar-refractivity contribution in [1.29, 1.82) is 0 Å². The van der Waals surface area contributed by atoms with Gasteiger partial charge in [-0.3, -0.25) is 15.0 Å². The zero-order chi connectivity index (χ0) is 20.9. The highest BCUT2D eigenvalue weighted by atomic mass is 16.2. The molecule has 3 fully saturated rings. The van der Waals surface area contributed by atoms with E-state index in [2.05, 4.69) is 43.1 Å². The number of amides is 1. The van der Waals surface area contributed by atoms with Crippen LogP contribution in [0.15, 0.2) is 35.4 Å². The fourth-order valence-corrected chi connectivity index (χ4v) is 5.61. The maximum Gasteiger partial charge on any atom is 0.237 e. The van der Waals surface area contributed by atoms with Gasteiger partial charge in [0.1, 0.15) is 11.1 Å². The zero-order valence-electron chi connectivity index (χ0n) is 18.0. The van der Waals surface area contributed by atoms with Crippen molar-refractivity contribution in [3.05, 3.63) is 30.3 Å². The summed E-state index contributed by atoms with van der Waals surface area (Å²) in [6, 6.07) is 9.64. The predicted octanol–water partition coefficient (Wildman–Crippen LogP) is 3.01. The zero-order valence-corrected chi connectivity index (χ0v) is 18.0. The Morgan fingerprint density at radius 3 is 2.34 bits per heavy atom. The average molecular weight is 397 g/mol. The lowest BCUT2D eigenvalue weighted by molar-refractivity contribution is -0.154. The van der Waals surface area contributed by atoms with Crippen LogP contribution in [0.5, 0.6) is 0 Å². The van der Waals surface area contributed by atoms with Crippen LogP contribution < -0.4 is 5.43 Å². The van der Waals surface area contributed by atoms with E-state index in [1.807, 2.05) is 35.2 Å². The van der Waals surface area contributed by atoms with Crippen molar-refractivity contribution in [3.63, 3.8) is 0 Å². The minimum absolute atomic E-state index is 0.0110. The van der Waals surface area contributed by atoms with E-state index in [0.717, 1.165) is 31.7 Å². The van der Waals surface area contributed by atoms with Crippen LogP contribution >= 0.6 is 0 Å². The Kier molecular flexibility index (Phi) is 4.80. The van der Waals surface area contributed by atoms with Crippen LogP contribution in [0, 0.1) is 16.2 Å². The number of para-hydroxylation sites is 1. The molecule has 0 aromatic heterocycles. The number of nitrogens with one attached hydrogen (secondary N) is 1. The number of Topliss-reactive ketones (excluding diaryl/α,β-unsaturated/α-hetero) is 1. The monoisotopic (exact) mass is 396 g/mol. The predicted molar refractivity (Wildman–Crippen MR) is 115 cm³/mol. The van der Waals surface area contributed by atoms with Gasteiger partial charge in [-0.25, -0.2) is 0 Å². The summed E-state index contributed by atoms with van der Waals surface area (Å²) in [7, 11) is 0. The van der Waals surface area contributed by atoms with Crippen LogP contribution in [0.3, 0.4) is 0 Å². The van der Waals surface area contributed by atoms with Crippen LogP contribution in [-0.4, -0.2) is 59.9 Å². The van der Waals surface area contributed by atoms with Gasteiger partial charge in [0.15, 0.2) is 5.78 Å². The first kappa shape index (κ1) is 20.1. The summed E-state index contributed by atoms with van der Waals surface area (Å²) in [5.41, 5.74) is 2.55. The number of carbonyl (C=O) groups is 2. The third kappa shape index (κ3) is 2.68. The number of fused-ring (bicyclic) bond motifs is 2. The number of hydrazone groups is 1. The molecule has 3 aliphatic rings. The molecule has 1 heterocycles. The van der Waals surface area contributed by atoms with Crippen LogP contribution in [-0.2, 0) is 9.59 Å². The molecule has 4 rings (SSSR count). The molecule has 0 radical (unpaired) electrons. The van der Waals surface area contributed by atoms with Crippen molar-refractivity contribution in [2.45, 2.75) is 40.5 Å². The number of likely N-dealkylation sites (N-methyl/N-ethyl adjacent to an activating group) is 1. The van der Waals surface area contributed by atoms with Gasteiger partial charge < -0.3 is 9.80 Å². The standard InChI is InChI=1S/C23H32N4O2/c1-5-26-13-15-27(16-14-26)20(29)23-12-11-22(4,21(23,2)3)18(19(23)28)25-24-17-9-7-6-8-10-17/h6-10,24H,5,11-16H2,1-4H3. The number of ketones is 1. The largest absolute Gasteiger partial charge is 0.339 e. The lowest BCUT2D eigenvalue weighted by Gasteiger charge is -2.43. The number of benzene rings is 1. The molecular formula is C23H32N4O2. The molecule has 2 atom stereocenters. The molecule has 156 valence electrons. The van der Waals surface area contributed by atoms with Gasteiger partial charge in [-0.15, -0.1) is 0 Å².